The van der Waals surface area contributed by atoms with Crippen molar-refractivity contribution >= 4 is 5.78 Å². The van der Waals surface area contributed by atoms with Gasteiger partial charge in [0.1, 0.15) is 5.69 Å². The number of hydrogen-bond donors (Lipinski definition) is 1. The highest BCUT2D eigenvalue weighted by molar-refractivity contribution is 6.09. The van der Waals surface area contributed by atoms with Crippen LogP contribution in [0.4, 0.5) is 0 Å². The summed E-state index contributed by atoms with van der Waals surface area (Å²) in [6, 6.07) is 5.42. The first-order valence-electron chi connectivity index (χ1n) is 8.53. The van der Waals surface area contributed by atoms with E-state index in [-0.39, 0.29) is 30.1 Å². The highest BCUT2D eigenvalue weighted by Crippen LogP contribution is 2.15. The molecule has 0 aliphatic carbocycles. The molecule has 0 aliphatic rings. The predicted molar refractivity (Wildman–Crippen MR) is 103 cm³/mol. The number of carbonyl (C=O) groups is 1. The van der Waals surface area contributed by atoms with Gasteiger partial charge in [-0.3, -0.25) is 19.1 Å². The molecule has 0 unspecified atom stereocenters. The lowest BCUT2D eigenvalue weighted by molar-refractivity contribution is 0.102. The topological polar surface area (TPSA) is 121 Å². The molecular weight excluding hydrogens is 346 g/mol. The van der Waals surface area contributed by atoms with Crippen molar-refractivity contribution in [3.05, 3.63) is 89.6 Å². The minimum Gasteiger partial charge on any atom is -0.287 e. The van der Waals surface area contributed by atoms with Crippen molar-refractivity contribution in [2.75, 3.05) is 6.54 Å². The molecule has 0 fully saturated rings. The Bertz CT molecular complexity index is 1040. The van der Waals surface area contributed by atoms with Crippen LogP contribution in [-0.2, 0) is 13.0 Å². The number of benzene rings is 1. The Morgan fingerprint density at radius 3 is 2.48 bits per heavy atom. The molecule has 1 N–H and O–H groups in total. The first-order chi connectivity index (χ1) is 12.9. The van der Waals surface area contributed by atoms with E-state index in [4.69, 9.17) is 5.53 Å². The van der Waals surface area contributed by atoms with Crippen LogP contribution >= 0.6 is 0 Å². The van der Waals surface area contributed by atoms with Crippen LogP contribution in [0.3, 0.4) is 0 Å². The van der Waals surface area contributed by atoms with E-state index in [9.17, 15) is 14.4 Å². The Morgan fingerprint density at radius 1 is 1.22 bits per heavy atom. The SMILES string of the molecule is CCc1c(C(=O)c2cc(C)cc(C)c2)n(CC=CCN=[N+]=[N-])c(=O)[nH]c1=O. The van der Waals surface area contributed by atoms with E-state index in [0.717, 1.165) is 11.1 Å². The lowest BCUT2D eigenvalue weighted by Gasteiger charge is -2.14. The van der Waals surface area contributed by atoms with Crippen LogP contribution in [0.5, 0.6) is 0 Å². The van der Waals surface area contributed by atoms with Crippen molar-refractivity contribution in [2.24, 2.45) is 5.11 Å². The van der Waals surface area contributed by atoms with Gasteiger partial charge in [-0.25, -0.2) is 4.79 Å². The fourth-order valence-electron chi connectivity index (χ4n) is 2.95. The minimum absolute atomic E-state index is 0.0788. The minimum atomic E-state index is -0.654. The summed E-state index contributed by atoms with van der Waals surface area (Å²) in [6.45, 7) is 5.74. The molecule has 0 bridgehead atoms. The largest absolute Gasteiger partial charge is 0.329 e. The molecule has 1 aromatic heterocycles. The van der Waals surface area contributed by atoms with Crippen LogP contribution in [0.1, 0.15) is 39.7 Å². The predicted octanol–water partition coefficient (Wildman–Crippen LogP) is 2.81. The second-order valence-electron chi connectivity index (χ2n) is 6.14. The normalized spacial score (nSPS) is 10.8. The fraction of sp³-hybridized carbons (Fsp3) is 0.316. The Morgan fingerprint density at radius 2 is 1.89 bits per heavy atom. The number of allylic oxidation sites excluding steroid dienone is 1. The quantitative estimate of drug-likeness (QED) is 0.266. The highest BCUT2D eigenvalue weighted by Gasteiger charge is 2.21. The van der Waals surface area contributed by atoms with Crippen LogP contribution in [0.15, 0.2) is 45.1 Å². The van der Waals surface area contributed by atoms with E-state index < -0.39 is 11.2 Å². The molecule has 8 nitrogen and oxygen atoms in total. The van der Waals surface area contributed by atoms with E-state index in [0.29, 0.717) is 12.0 Å². The zero-order valence-corrected chi connectivity index (χ0v) is 15.5. The molecule has 0 saturated carbocycles. The maximum absolute atomic E-state index is 13.2. The Hall–Kier alpha value is -3.38. The smallest absolute Gasteiger partial charge is 0.287 e. The van der Waals surface area contributed by atoms with Crippen LogP contribution in [0, 0.1) is 13.8 Å². The highest BCUT2D eigenvalue weighted by atomic mass is 16.2. The van der Waals surface area contributed by atoms with E-state index >= 15 is 0 Å². The lowest BCUT2D eigenvalue weighted by Crippen LogP contribution is -2.37. The van der Waals surface area contributed by atoms with Gasteiger partial charge < -0.3 is 0 Å². The number of azide groups is 1. The van der Waals surface area contributed by atoms with E-state index in [1.165, 1.54) is 4.57 Å². The summed E-state index contributed by atoms with van der Waals surface area (Å²) in [5, 5.41) is 3.38. The molecule has 27 heavy (non-hydrogen) atoms. The third kappa shape index (κ3) is 4.62. The lowest BCUT2D eigenvalue weighted by atomic mass is 9.99. The van der Waals surface area contributed by atoms with E-state index in [1.807, 2.05) is 19.9 Å². The molecule has 0 radical (unpaired) electrons. The van der Waals surface area contributed by atoms with E-state index in [1.54, 1.807) is 31.2 Å². The molecule has 1 aromatic carbocycles. The molecule has 0 aliphatic heterocycles. The number of hydrogen-bond acceptors (Lipinski definition) is 4. The second-order valence-corrected chi connectivity index (χ2v) is 6.14. The summed E-state index contributed by atoms with van der Waals surface area (Å²) in [7, 11) is 0. The molecule has 2 rings (SSSR count). The number of nitrogens with one attached hydrogen (secondary N) is 1. The summed E-state index contributed by atoms with van der Waals surface area (Å²) in [5.74, 6) is -0.370. The molecule has 0 spiro atoms. The van der Waals surface area contributed by atoms with E-state index in [2.05, 4.69) is 15.0 Å². The maximum Gasteiger partial charge on any atom is 0.329 e. The van der Waals surface area contributed by atoms with Gasteiger partial charge in [0.05, 0.1) is 0 Å². The van der Waals surface area contributed by atoms with Crippen molar-refractivity contribution in [3.63, 3.8) is 0 Å². The van der Waals surface area contributed by atoms with Crippen molar-refractivity contribution in [3.8, 4) is 0 Å². The molecule has 0 saturated heterocycles. The zero-order chi connectivity index (χ0) is 20.0. The fourth-order valence-corrected chi connectivity index (χ4v) is 2.95. The molecule has 140 valence electrons. The Labute approximate surface area is 155 Å². The number of carbonyl (C=O) groups excluding carboxylic acids is 1. The van der Waals surface area contributed by atoms with Crippen molar-refractivity contribution < 1.29 is 4.79 Å². The van der Waals surface area contributed by atoms with Crippen molar-refractivity contribution in [1.82, 2.24) is 9.55 Å². The Kier molecular flexibility index (Phi) is 6.51. The van der Waals surface area contributed by atoms with Gasteiger partial charge in [0.25, 0.3) is 5.56 Å². The first kappa shape index (κ1) is 19.9. The third-order valence-corrected chi connectivity index (χ3v) is 4.05. The van der Waals surface area contributed by atoms with Gasteiger partial charge in [-0.05, 0) is 37.9 Å². The van der Waals surface area contributed by atoms with Gasteiger partial charge in [0.15, 0.2) is 0 Å². The standard InChI is InChI=1S/C19H21N5O3/c1-4-15-16(17(25)14-10-12(2)9-13(3)11-14)24(19(27)22-18(15)26)8-6-5-7-21-23-20/h5-6,9-11H,4,7-8H2,1-3H3,(H,22,26,27). The van der Waals surface area contributed by atoms with Gasteiger partial charge in [-0.1, -0.05) is 41.4 Å². The summed E-state index contributed by atoms with van der Waals surface area (Å²) in [5.41, 5.74) is 9.72. The first-order valence-corrected chi connectivity index (χ1v) is 8.53. The van der Waals surface area contributed by atoms with Gasteiger partial charge in [-0.15, -0.1) is 0 Å². The van der Waals surface area contributed by atoms with Crippen molar-refractivity contribution in [1.29, 1.82) is 0 Å². The average molecular weight is 367 g/mol. The number of ketones is 1. The third-order valence-electron chi connectivity index (χ3n) is 4.05. The summed E-state index contributed by atoms with van der Waals surface area (Å²) >= 11 is 0. The number of rotatable bonds is 7. The number of aryl methyl sites for hydroxylation is 2. The number of aromatic nitrogens is 2. The summed E-state index contributed by atoms with van der Waals surface area (Å²) in [4.78, 5) is 42.7. The van der Waals surface area contributed by atoms with Gasteiger partial charge in [0, 0.05) is 29.1 Å². The van der Waals surface area contributed by atoms with Crippen LogP contribution in [0.25, 0.3) is 10.4 Å². The van der Waals surface area contributed by atoms with Gasteiger partial charge in [0.2, 0.25) is 5.78 Å². The van der Waals surface area contributed by atoms with Crippen LogP contribution in [-0.4, -0.2) is 21.9 Å². The average Bonchev–Trinajstić information content (AvgIpc) is 2.61. The Balaban J connectivity index is 2.62. The van der Waals surface area contributed by atoms with Gasteiger partial charge >= 0.3 is 5.69 Å². The summed E-state index contributed by atoms with van der Waals surface area (Å²) < 4.78 is 1.24. The monoisotopic (exact) mass is 367 g/mol. The molecule has 2 aromatic rings. The molecular formula is C19H21N5O3. The second kappa shape index (κ2) is 8.82. The number of H-pyrrole nitrogens is 1. The van der Waals surface area contributed by atoms with Gasteiger partial charge in [-0.2, -0.15) is 0 Å². The maximum atomic E-state index is 13.2. The van der Waals surface area contributed by atoms with Crippen LogP contribution < -0.4 is 11.2 Å². The number of nitrogens with zero attached hydrogens (tertiary/aromatic N) is 4. The molecule has 0 amide bonds. The van der Waals surface area contributed by atoms with Crippen LogP contribution in [0.2, 0.25) is 0 Å². The molecule has 1 heterocycles. The summed E-state index contributed by atoms with van der Waals surface area (Å²) in [6.07, 6.45) is 3.52. The number of aromatic amines is 1. The molecule has 0 atom stereocenters. The zero-order valence-electron chi connectivity index (χ0n) is 15.5. The van der Waals surface area contributed by atoms with Crippen molar-refractivity contribution in [2.45, 2.75) is 33.7 Å². The molecule has 8 heteroatoms.